The van der Waals surface area contributed by atoms with Crippen molar-refractivity contribution in [1.29, 1.82) is 0 Å². The van der Waals surface area contributed by atoms with Crippen molar-refractivity contribution in [2.24, 2.45) is 0 Å². The average molecular weight is 292 g/mol. The summed E-state index contributed by atoms with van der Waals surface area (Å²) in [5.74, 6) is -0.205. The molecular formula is C14H20N4O3. The van der Waals surface area contributed by atoms with Gasteiger partial charge in [0.15, 0.2) is 5.69 Å². The van der Waals surface area contributed by atoms with Gasteiger partial charge in [0.05, 0.1) is 17.9 Å². The number of aryl methyl sites for hydroxylation is 2. The second kappa shape index (κ2) is 6.07. The summed E-state index contributed by atoms with van der Waals surface area (Å²) >= 11 is 0. The van der Waals surface area contributed by atoms with Crippen LogP contribution in [0.1, 0.15) is 65.8 Å². The molecular weight excluding hydrogens is 272 g/mol. The zero-order chi connectivity index (χ0) is 15.6. The predicted octanol–water partition coefficient (Wildman–Crippen LogP) is 2.53. The number of hydrogen-bond donors (Lipinski definition) is 1. The highest BCUT2D eigenvalue weighted by atomic mass is 16.5. The Balaban J connectivity index is 2.46. The molecule has 7 nitrogen and oxygen atoms in total. The highest BCUT2D eigenvalue weighted by Gasteiger charge is 2.25. The van der Waals surface area contributed by atoms with Crippen LogP contribution in [0.5, 0.6) is 0 Å². The van der Waals surface area contributed by atoms with Gasteiger partial charge in [-0.05, 0) is 26.7 Å². The molecule has 2 rings (SSSR count). The number of nitrogens with zero attached hydrogens (tertiary/aromatic N) is 4. The van der Waals surface area contributed by atoms with Gasteiger partial charge < -0.3 is 9.63 Å². The fraction of sp³-hybridized carbons (Fsp3) is 0.571. The lowest BCUT2D eigenvalue weighted by molar-refractivity contribution is 0.0688. The second-order valence-corrected chi connectivity index (χ2v) is 5.10. The van der Waals surface area contributed by atoms with E-state index in [0.29, 0.717) is 12.2 Å². The summed E-state index contributed by atoms with van der Waals surface area (Å²) in [6.07, 6.45) is 1.68. The van der Waals surface area contributed by atoms with Crippen molar-refractivity contribution >= 4 is 5.97 Å². The van der Waals surface area contributed by atoms with Gasteiger partial charge in [0.25, 0.3) is 0 Å². The number of aromatic nitrogens is 4. The SMILES string of the molecule is CCC(CC)c1c(C(=O)O)nnn1Cc1c(C)noc1C. The average Bonchev–Trinajstić information content (AvgIpc) is 3.00. The largest absolute Gasteiger partial charge is 0.476 e. The van der Waals surface area contributed by atoms with Gasteiger partial charge in [-0.1, -0.05) is 24.2 Å². The molecule has 0 saturated heterocycles. The fourth-order valence-corrected chi connectivity index (χ4v) is 2.55. The van der Waals surface area contributed by atoms with Crippen LogP contribution in [0, 0.1) is 13.8 Å². The van der Waals surface area contributed by atoms with E-state index in [1.165, 1.54) is 0 Å². The molecule has 2 aromatic heterocycles. The molecule has 0 aliphatic rings. The Bertz CT molecular complexity index is 621. The molecule has 0 unspecified atom stereocenters. The van der Waals surface area contributed by atoms with E-state index in [4.69, 9.17) is 4.52 Å². The maximum absolute atomic E-state index is 11.4. The van der Waals surface area contributed by atoms with Crippen LogP contribution in [0.2, 0.25) is 0 Å². The second-order valence-electron chi connectivity index (χ2n) is 5.10. The van der Waals surface area contributed by atoms with Crippen molar-refractivity contribution in [3.05, 3.63) is 28.4 Å². The number of rotatable bonds is 6. The topological polar surface area (TPSA) is 94.0 Å². The Kier molecular flexibility index (Phi) is 4.40. The summed E-state index contributed by atoms with van der Waals surface area (Å²) in [6.45, 7) is 8.19. The molecule has 0 bridgehead atoms. The molecule has 0 atom stereocenters. The van der Waals surface area contributed by atoms with Gasteiger partial charge in [0.1, 0.15) is 5.76 Å². The lowest BCUT2D eigenvalue weighted by Gasteiger charge is -2.15. The van der Waals surface area contributed by atoms with E-state index in [-0.39, 0.29) is 11.6 Å². The zero-order valence-electron chi connectivity index (χ0n) is 12.8. The van der Waals surface area contributed by atoms with E-state index >= 15 is 0 Å². The number of aromatic carboxylic acids is 1. The monoisotopic (exact) mass is 292 g/mol. The number of carboxylic acid groups (broad SMARTS) is 1. The Labute approximate surface area is 122 Å². The maximum atomic E-state index is 11.4. The molecule has 114 valence electrons. The molecule has 2 aromatic rings. The normalized spacial score (nSPS) is 11.3. The molecule has 7 heteroatoms. The molecule has 21 heavy (non-hydrogen) atoms. The molecule has 0 fully saturated rings. The van der Waals surface area contributed by atoms with Crippen molar-refractivity contribution in [2.45, 2.75) is 53.0 Å². The first-order valence-electron chi connectivity index (χ1n) is 7.07. The molecule has 0 saturated carbocycles. The van der Waals surface area contributed by atoms with Crippen LogP contribution < -0.4 is 0 Å². The fourth-order valence-electron chi connectivity index (χ4n) is 2.55. The number of carboxylic acids is 1. The standard InChI is InChI=1S/C14H20N4O3/c1-5-10(6-2)13-12(14(19)20)15-17-18(13)7-11-8(3)16-21-9(11)4/h10H,5-7H2,1-4H3,(H,19,20). The van der Waals surface area contributed by atoms with Crippen LogP contribution in [-0.4, -0.2) is 31.2 Å². The summed E-state index contributed by atoms with van der Waals surface area (Å²) < 4.78 is 6.81. The predicted molar refractivity (Wildman–Crippen MR) is 75.4 cm³/mol. The van der Waals surface area contributed by atoms with Crippen LogP contribution in [0.15, 0.2) is 4.52 Å². The highest BCUT2D eigenvalue weighted by molar-refractivity contribution is 5.86. The van der Waals surface area contributed by atoms with Crippen molar-refractivity contribution < 1.29 is 14.4 Å². The third-order valence-corrected chi connectivity index (χ3v) is 3.84. The van der Waals surface area contributed by atoms with E-state index in [2.05, 4.69) is 15.5 Å². The summed E-state index contributed by atoms with van der Waals surface area (Å²) in [5.41, 5.74) is 2.42. The van der Waals surface area contributed by atoms with Gasteiger partial charge in [-0.25, -0.2) is 9.48 Å². The van der Waals surface area contributed by atoms with Gasteiger partial charge in [-0.2, -0.15) is 0 Å². The van der Waals surface area contributed by atoms with Crippen LogP contribution in [0.4, 0.5) is 0 Å². The minimum absolute atomic E-state index is 0.0375. The van der Waals surface area contributed by atoms with Gasteiger partial charge in [-0.15, -0.1) is 5.10 Å². The van der Waals surface area contributed by atoms with Crippen molar-refractivity contribution in [3.63, 3.8) is 0 Å². The smallest absolute Gasteiger partial charge is 0.358 e. The van der Waals surface area contributed by atoms with Gasteiger partial charge in [-0.3, -0.25) is 0 Å². The minimum Gasteiger partial charge on any atom is -0.476 e. The highest BCUT2D eigenvalue weighted by Crippen LogP contribution is 2.26. The minimum atomic E-state index is -1.04. The van der Waals surface area contributed by atoms with Gasteiger partial charge >= 0.3 is 5.97 Å². The van der Waals surface area contributed by atoms with Gasteiger partial charge in [0, 0.05) is 11.5 Å². The lowest BCUT2D eigenvalue weighted by Crippen LogP contribution is -2.14. The van der Waals surface area contributed by atoms with E-state index in [1.807, 2.05) is 27.7 Å². The summed E-state index contributed by atoms with van der Waals surface area (Å²) in [7, 11) is 0. The molecule has 0 aliphatic heterocycles. The van der Waals surface area contributed by atoms with E-state index in [0.717, 1.165) is 29.9 Å². The Morgan fingerprint density at radius 2 is 2.00 bits per heavy atom. The third-order valence-electron chi connectivity index (χ3n) is 3.84. The van der Waals surface area contributed by atoms with E-state index < -0.39 is 5.97 Å². The first-order valence-corrected chi connectivity index (χ1v) is 7.07. The number of hydrogen-bond acceptors (Lipinski definition) is 5. The molecule has 2 heterocycles. The molecule has 0 aromatic carbocycles. The summed E-state index contributed by atoms with van der Waals surface area (Å²) in [5, 5.41) is 21.1. The molecule has 0 amide bonds. The summed E-state index contributed by atoms with van der Waals surface area (Å²) in [4.78, 5) is 11.4. The molecule has 0 radical (unpaired) electrons. The molecule has 0 aliphatic carbocycles. The Morgan fingerprint density at radius 3 is 2.48 bits per heavy atom. The first kappa shape index (κ1) is 15.2. The Morgan fingerprint density at radius 1 is 1.33 bits per heavy atom. The van der Waals surface area contributed by atoms with E-state index in [9.17, 15) is 9.90 Å². The maximum Gasteiger partial charge on any atom is 0.358 e. The Hall–Kier alpha value is -2.18. The number of carbonyl (C=O) groups is 1. The van der Waals surface area contributed by atoms with Crippen LogP contribution in [0.3, 0.4) is 0 Å². The quantitative estimate of drug-likeness (QED) is 0.879. The first-order chi connectivity index (χ1) is 9.99. The van der Waals surface area contributed by atoms with Crippen LogP contribution >= 0.6 is 0 Å². The zero-order valence-corrected chi connectivity index (χ0v) is 12.8. The van der Waals surface area contributed by atoms with Crippen molar-refractivity contribution in [2.75, 3.05) is 0 Å². The lowest BCUT2D eigenvalue weighted by atomic mass is 9.97. The van der Waals surface area contributed by atoms with Crippen molar-refractivity contribution in [3.8, 4) is 0 Å². The molecule has 0 spiro atoms. The molecule has 1 N–H and O–H groups in total. The van der Waals surface area contributed by atoms with Gasteiger partial charge in [0.2, 0.25) is 0 Å². The van der Waals surface area contributed by atoms with E-state index in [1.54, 1.807) is 4.68 Å². The van der Waals surface area contributed by atoms with Crippen molar-refractivity contribution in [1.82, 2.24) is 20.2 Å². The third kappa shape index (κ3) is 2.81. The van der Waals surface area contributed by atoms with Crippen LogP contribution in [-0.2, 0) is 6.54 Å². The van der Waals surface area contributed by atoms with Crippen LogP contribution in [0.25, 0.3) is 0 Å². The summed E-state index contributed by atoms with van der Waals surface area (Å²) in [6, 6.07) is 0.